The average molecular weight is 480 g/mol. The van der Waals surface area contributed by atoms with Gasteiger partial charge in [0.25, 0.3) is 0 Å². The summed E-state index contributed by atoms with van der Waals surface area (Å²) in [6, 6.07) is 21.3. The molecule has 0 atom stereocenters. The standard InChI is InChI=1S/C21H14BrN5O2S/c22-15-10-8-14(9-11-15)20-25-23-18(29-20)13-30-21-26-24-19(17-7-4-12-28-17)27(21)16-5-2-1-3-6-16/h1-12H,13H2. The molecule has 5 aromatic rings. The number of nitrogens with zero attached hydrogens (tertiary/aromatic N) is 5. The van der Waals surface area contributed by atoms with Gasteiger partial charge in [0.15, 0.2) is 10.9 Å². The smallest absolute Gasteiger partial charge is 0.247 e. The summed E-state index contributed by atoms with van der Waals surface area (Å²) in [6.45, 7) is 0. The molecule has 0 radical (unpaired) electrons. The highest BCUT2D eigenvalue weighted by atomic mass is 79.9. The second-order valence-electron chi connectivity index (χ2n) is 6.25. The zero-order valence-corrected chi connectivity index (χ0v) is 17.9. The Hall–Kier alpha value is -3.17. The molecule has 9 heteroatoms. The highest BCUT2D eigenvalue weighted by Crippen LogP contribution is 2.30. The van der Waals surface area contributed by atoms with Crippen LogP contribution in [0.4, 0.5) is 0 Å². The third kappa shape index (κ3) is 3.81. The van der Waals surface area contributed by atoms with Crippen molar-refractivity contribution in [3.8, 4) is 28.7 Å². The van der Waals surface area contributed by atoms with Crippen molar-refractivity contribution in [1.82, 2.24) is 25.0 Å². The predicted octanol–water partition coefficient (Wildman–Crippen LogP) is 5.63. The number of halogens is 1. The number of hydrogen-bond acceptors (Lipinski definition) is 7. The van der Waals surface area contributed by atoms with Gasteiger partial charge in [-0.05, 0) is 48.5 Å². The molecule has 0 aliphatic rings. The molecule has 0 spiro atoms. The monoisotopic (exact) mass is 479 g/mol. The fourth-order valence-corrected chi connectivity index (χ4v) is 3.94. The largest absolute Gasteiger partial charge is 0.461 e. The summed E-state index contributed by atoms with van der Waals surface area (Å²) in [5.41, 5.74) is 1.81. The molecule has 0 aliphatic carbocycles. The van der Waals surface area contributed by atoms with Gasteiger partial charge in [-0.15, -0.1) is 20.4 Å². The number of thioether (sulfide) groups is 1. The second kappa shape index (κ2) is 8.29. The van der Waals surface area contributed by atoms with Crippen molar-refractivity contribution in [1.29, 1.82) is 0 Å². The summed E-state index contributed by atoms with van der Waals surface area (Å²) < 4.78 is 14.3. The first-order valence-corrected chi connectivity index (χ1v) is 10.8. The molecule has 5 rings (SSSR count). The van der Waals surface area contributed by atoms with Gasteiger partial charge in [-0.1, -0.05) is 45.9 Å². The van der Waals surface area contributed by atoms with Gasteiger partial charge in [0, 0.05) is 15.7 Å². The first kappa shape index (κ1) is 18.8. The molecule has 30 heavy (non-hydrogen) atoms. The third-order valence-electron chi connectivity index (χ3n) is 4.27. The van der Waals surface area contributed by atoms with E-state index < -0.39 is 0 Å². The zero-order valence-electron chi connectivity index (χ0n) is 15.5. The first-order valence-electron chi connectivity index (χ1n) is 9.04. The highest BCUT2D eigenvalue weighted by molar-refractivity contribution is 9.10. The summed E-state index contributed by atoms with van der Waals surface area (Å²) in [5, 5.41) is 17.7. The van der Waals surface area contributed by atoms with Gasteiger partial charge in [0.05, 0.1) is 12.0 Å². The number of hydrogen-bond donors (Lipinski definition) is 0. The molecule has 0 N–H and O–H groups in total. The van der Waals surface area contributed by atoms with Crippen molar-refractivity contribution in [2.75, 3.05) is 0 Å². The van der Waals surface area contributed by atoms with Crippen LogP contribution in [-0.4, -0.2) is 25.0 Å². The maximum absolute atomic E-state index is 5.82. The van der Waals surface area contributed by atoms with Crippen molar-refractivity contribution in [3.05, 3.63) is 83.4 Å². The molecular formula is C21H14BrN5O2S. The molecular weight excluding hydrogens is 466 g/mol. The first-order chi connectivity index (χ1) is 14.8. The van der Waals surface area contributed by atoms with E-state index in [9.17, 15) is 0 Å². The average Bonchev–Trinajstić information content (AvgIpc) is 3.53. The minimum absolute atomic E-state index is 0.465. The van der Waals surface area contributed by atoms with Crippen LogP contribution in [0.2, 0.25) is 0 Å². The lowest BCUT2D eigenvalue weighted by Crippen LogP contribution is -1.99. The van der Waals surface area contributed by atoms with E-state index in [0.29, 0.717) is 34.3 Å². The fraction of sp³-hybridized carbons (Fsp3) is 0.0476. The fourth-order valence-electron chi connectivity index (χ4n) is 2.89. The van der Waals surface area contributed by atoms with Crippen molar-refractivity contribution in [3.63, 3.8) is 0 Å². The van der Waals surface area contributed by atoms with Gasteiger partial charge in [-0.25, -0.2) is 0 Å². The molecule has 0 saturated carbocycles. The van der Waals surface area contributed by atoms with Crippen LogP contribution >= 0.6 is 27.7 Å². The Labute approximate surface area is 184 Å². The molecule has 0 bridgehead atoms. The molecule has 2 aromatic carbocycles. The van der Waals surface area contributed by atoms with E-state index in [1.54, 1.807) is 6.26 Å². The molecule has 7 nitrogen and oxygen atoms in total. The van der Waals surface area contributed by atoms with Crippen molar-refractivity contribution in [2.45, 2.75) is 10.9 Å². The number of rotatable bonds is 6. The summed E-state index contributed by atoms with van der Waals surface area (Å²) in [6.07, 6.45) is 1.62. The lowest BCUT2D eigenvalue weighted by molar-refractivity contribution is 0.528. The van der Waals surface area contributed by atoms with Gasteiger partial charge >= 0.3 is 0 Å². The van der Waals surface area contributed by atoms with Crippen LogP contribution in [0.1, 0.15) is 5.89 Å². The van der Waals surface area contributed by atoms with Crippen LogP contribution in [0, 0.1) is 0 Å². The van der Waals surface area contributed by atoms with Crippen molar-refractivity contribution < 1.29 is 8.83 Å². The Bertz CT molecular complexity index is 1250. The molecule has 3 heterocycles. The van der Waals surface area contributed by atoms with Crippen LogP contribution in [-0.2, 0) is 5.75 Å². The van der Waals surface area contributed by atoms with E-state index in [4.69, 9.17) is 8.83 Å². The van der Waals surface area contributed by atoms with Crippen LogP contribution in [0.25, 0.3) is 28.7 Å². The van der Waals surface area contributed by atoms with E-state index in [-0.39, 0.29) is 0 Å². The number of para-hydroxylation sites is 1. The Kier molecular flexibility index (Phi) is 5.20. The summed E-state index contributed by atoms with van der Waals surface area (Å²) >= 11 is 4.89. The van der Waals surface area contributed by atoms with Gasteiger partial charge in [-0.2, -0.15) is 0 Å². The molecule has 0 unspecified atom stereocenters. The zero-order chi connectivity index (χ0) is 20.3. The number of benzene rings is 2. The summed E-state index contributed by atoms with van der Waals surface area (Å²) in [4.78, 5) is 0. The van der Waals surface area contributed by atoms with Crippen LogP contribution in [0.5, 0.6) is 0 Å². The summed E-state index contributed by atoms with van der Waals surface area (Å²) in [5.74, 6) is 2.74. The maximum atomic E-state index is 5.82. The molecule has 0 fully saturated rings. The van der Waals surface area contributed by atoms with E-state index in [1.807, 2.05) is 71.3 Å². The maximum Gasteiger partial charge on any atom is 0.247 e. The van der Waals surface area contributed by atoms with E-state index in [0.717, 1.165) is 15.7 Å². The minimum Gasteiger partial charge on any atom is -0.461 e. The van der Waals surface area contributed by atoms with Crippen LogP contribution in [0.3, 0.4) is 0 Å². The Morgan fingerprint density at radius 3 is 2.47 bits per heavy atom. The van der Waals surface area contributed by atoms with E-state index in [2.05, 4.69) is 36.3 Å². The molecule has 0 aliphatic heterocycles. The number of aromatic nitrogens is 5. The van der Waals surface area contributed by atoms with Crippen molar-refractivity contribution in [2.24, 2.45) is 0 Å². The van der Waals surface area contributed by atoms with E-state index >= 15 is 0 Å². The lowest BCUT2D eigenvalue weighted by atomic mass is 10.2. The lowest BCUT2D eigenvalue weighted by Gasteiger charge is -2.08. The molecule has 0 saturated heterocycles. The van der Waals surface area contributed by atoms with Gasteiger partial charge < -0.3 is 8.83 Å². The van der Waals surface area contributed by atoms with Crippen LogP contribution in [0.15, 0.2) is 91.5 Å². The Balaban J connectivity index is 1.41. The van der Waals surface area contributed by atoms with Gasteiger partial charge in [-0.3, -0.25) is 4.57 Å². The second-order valence-corrected chi connectivity index (χ2v) is 8.11. The quantitative estimate of drug-likeness (QED) is 0.291. The predicted molar refractivity (Wildman–Crippen MR) is 116 cm³/mol. The highest BCUT2D eigenvalue weighted by Gasteiger charge is 2.19. The normalized spacial score (nSPS) is 11.1. The Morgan fingerprint density at radius 2 is 1.70 bits per heavy atom. The number of furan rings is 1. The minimum atomic E-state index is 0.465. The third-order valence-corrected chi connectivity index (χ3v) is 5.71. The topological polar surface area (TPSA) is 82.8 Å². The SMILES string of the molecule is Brc1ccc(-c2nnc(CSc3nnc(-c4ccco4)n3-c3ccccc3)o2)cc1. The Morgan fingerprint density at radius 1 is 0.867 bits per heavy atom. The van der Waals surface area contributed by atoms with Crippen LogP contribution < -0.4 is 0 Å². The summed E-state index contributed by atoms with van der Waals surface area (Å²) in [7, 11) is 0. The van der Waals surface area contributed by atoms with Gasteiger partial charge in [0.2, 0.25) is 17.6 Å². The molecule has 148 valence electrons. The van der Waals surface area contributed by atoms with E-state index in [1.165, 1.54) is 11.8 Å². The molecule has 0 amide bonds. The molecule has 3 aromatic heterocycles. The van der Waals surface area contributed by atoms with Crippen molar-refractivity contribution >= 4 is 27.7 Å². The van der Waals surface area contributed by atoms with Gasteiger partial charge in [0.1, 0.15) is 0 Å².